The molecule has 1 rings (SSSR count). The lowest BCUT2D eigenvalue weighted by atomic mass is 10.3. The predicted molar refractivity (Wildman–Crippen MR) is 58.2 cm³/mol. The Bertz CT molecular complexity index is 380. The lowest BCUT2D eigenvalue weighted by Crippen LogP contribution is -2.23. The summed E-state index contributed by atoms with van der Waals surface area (Å²) in [4.78, 5) is 12.7. The molecule has 1 aromatic rings. The van der Waals surface area contributed by atoms with Crippen LogP contribution >= 0.6 is 0 Å². The molecule has 0 fully saturated rings. The summed E-state index contributed by atoms with van der Waals surface area (Å²) in [6, 6.07) is 3.54. The van der Waals surface area contributed by atoms with E-state index in [-0.39, 0.29) is 5.91 Å². The maximum Gasteiger partial charge on any atom is 0.223 e. The van der Waals surface area contributed by atoms with Crippen molar-refractivity contribution >= 4 is 11.6 Å². The Hall–Kier alpha value is -1.65. The fourth-order valence-corrected chi connectivity index (χ4v) is 1.14. The van der Waals surface area contributed by atoms with Gasteiger partial charge in [-0.25, -0.2) is 8.78 Å². The minimum Gasteiger partial charge on any atom is -0.384 e. The summed E-state index contributed by atoms with van der Waals surface area (Å²) in [6.07, 6.45) is 0.312. The maximum atomic E-state index is 12.8. The van der Waals surface area contributed by atoms with Crippen molar-refractivity contribution in [2.75, 3.05) is 26.0 Å². The van der Waals surface area contributed by atoms with Gasteiger partial charge in [0, 0.05) is 32.7 Å². The largest absolute Gasteiger partial charge is 0.384 e. The van der Waals surface area contributed by atoms with Crippen molar-refractivity contribution in [2.24, 2.45) is 0 Å². The molecule has 0 aromatic heterocycles. The average molecular weight is 228 g/mol. The van der Waals surface area contributed by atoms with Crippen LogP contribution in [0.4, 0.5) is 14.5 Å². The molecule has 88 valence electrons. The molecule has 1 N–H and O–H groups in total. The molecule has 0 unspecified atom stereocenters. The SMILES string of the molecule is CN(C)C(=O)CCNc1ccc(F)c(F)c1. The number of benzene rings is 1. The Balaban J connectivity index is 2.43. The van der Waals surface area contributed by atoms with Gasteiger partial charge in [0.2, 0.25) is 5.91 Å². The minimum absolute atomic E-state index is 0.0184. The number of carbonyl (C=O) groups excluding carboxylic acids is 1. The zero-order chi connectivity index (χ0) is 12.1. The van der Waals surface area contributed by atoms with E-state index in [1.165, 1.54) is 11.0 Å². The van der Waals surface area contributed by atoms with Crippen LogP contribution in [-0.4, -0.2) is 31.4 Å². The van der Waals surface area contributed by atoms with Gasteiger partial charge < -0.3 is 10.2 Å². The fourth-order valence-electron chi connectivity index (χ4n) is 1.14. The molecule has 0 saturated carbocycles. The van der Waals surface area contributed by atoms with Crippen molar-refractivity contribution in [3.63, 3.8) is 0 Å². The first-order valence-corrected chi connectivity index (χ1v) is 4.90. The highest BCUT2D eigenvalue weighted by Gasteiger charge is 2.04. The third-order valence-electron chi connectivity index (χ3n) is 2.09. The van der Waals surface area contributed by atoms with E-state index < -0.39 is 11.6 Å². The molecule has 0 aliphatic heterocycles. The van der Waals surface area contributed by atoms with Crippen molar-refractivity contribution in [3.05, 3.63) is 29.8 Å². The zero-order valence-electron chi connectivity index (χ0n) is 9.26. The van der Waals surface area contributed by atoms with Crippen molar-refractivity contribution in [3.8, 4) is 0 Å². The molecule has 0 radical (unpaired) electrons. The van der Waals surface area contributed by atoms with Gasteiger partial charge in [0.05, 0.1) is 0 Å². The number of anilines is 1. The van der Waals surface area contributed by atoms with Crippen LogP contribution in [0.5, 0.6) is 0 Å². The highest BCUT2D eigenvalue weighted by atomic mass is 19.2. The van der Waals surface area contributed by atoms with Crippen LogP contribution in [0.2, 0.25) is 0 Å². The number of carbonyl (C=O) groups is 1. The Kier molecular flexibility index (Phi) is 4.22. The van der Waals surface area contributed by atoms with Gasteiger partial charge >= 0.3 is 0 Å². The van der Waals surface area contributed by atoms with E-state index in [4.69, 9.17) is 0 Å². The van der Waals surface area contributed by atoms with Crippen LogP contribution in [0.1, 0.15) is 6.42 Å². The lowest BCUT2D eigenvalue weighted by molar-refractivity contribution is -0.128. The number of hydrogen-bond acceptors (Lipinski definition) is 2. The van der Waals surface area contributed by atoms with Gasteiger partial charge in [-0.3, -0.25) is 4.79 Å². The second-order valence-electron chi connectivity index (χ2n) is 3.59. The van der Waals surface area contributed by atoms with E-state index in [0.29, 0.717) is 18.7 Å². The van der Waals surface area contributed by atoms with Crippen molar-refractivity contribution in [1.82, 2.24) is 4.90 Å². The second kappa shape index (κ2) is 5.44. The monoisotopic (exact) mass is 228 g/mol. The third-order valence-corrected chi connectivity index (χ3v) is 2.09. The zero-order valence-corrected chi connectivity index (χ0v) is 9.26. The van der Waals surface area contributed by atoms with Gasteiger partial charge in [0.15, 0.2) is 11.6 Å². The van der Waals surface area contributed by atoms with Crippen LogP contribution in [0, 0.1) is 11.6 Å². The highest BCUT2D eigenvalue weighted by molar-refractivity contribution is 5.76. The molecule has 5 heteroatoms. The quantitative estimate of drug-likeness (QED) is 0.853. The summed E-state index contributed by atoms with van der Waals surface area (Å²) in [5, 5.41) is 2.84. The van der Waals surface area contributed by atoms with Gasteiger partial charge in [-0.05, 0) is 18.2 Å². The molecule has 3 nitrogen and oxygen atoms in total. The molecule has 0 spiro atoms. The smallest absolute Gasteiger partial charge is 0.223 e. The maximum absolute atomic E-state index is 12.8. The van der Waals surface area contributed by atoms with Crippen molar-refractivity contribution in [1.29, 1.82) is 0 Å². The van der Waals surface area contributed by atoms with Crippen LogP contribution in [0.25, 0.3) is 0 Å². The molecule has 0 atom stereocenters. The van der Waals surface area contributed by atoms with Gasteiger partial charge in [0.25, 0.3) is 0 Å². The first-order chi connectivity index (χ1) is 7.50. The summed E-state index contributed by atoms with van der Waals surface area (Å²) >= 11 is 0. The molecule has 0 aliphatic carbocycles. The van der Waals surface area contributed by atoms with E-state index in [2.05, 4.69) is 5.32 Å². The Morgan fingerprint density at radius 1 is 1.31 bits per heavy atom. The molecular weight excluding hydrogens is 214 g/mol. The summed E-state index contributed by atoms with van der Waals surface area (Å²) < 4.78 is 25.4. The molecule has 0 bridgehead atoms. The first kappa shape index (κ1) is 12.4. The predicted octanol–water partition coefficient (Wildman–Crippen LogP) is 1.85. The molecule has 0 aliphatic rings. The van der Waals surface area contributed by atoms with Gasteiger partial charge in [-0.2, -0.15) is 0 Å². The molecule has 16 heavy (non-hydrogen) atoms. The molecule has 1 aromatic carbocycles. The molecule has 1 amide bonds. The Morgan fingerprint density at radius 2 is 2.00 bits per heavy atom. The third kappa shape index (κ3) is 3.49. The standard InChI is InChI=1S/C11H14F2N2O/c1-15(2)11(16)5-6-14-8-3-4-9(12)10(13)7-8/h3-4,7,14H,5-6H2,1-2H3. The normalized spacial score (nSPS) is 10.0. The van der Waals surface area contributed by atoms with Gasteiger partial charge in [-0.15, -0.1) is 0 Å². The fraction of sp³-hybridized carbons (Fsp3) is 0.364. The first-order valence-electron chi connectivity index (χ1n) is 4.90. The molecular formula is C11H14F2N2O. The number of nitrogens with one attached hydrogen (secondary N) is 1. The van der Waals surface area contributed by atoms with Gasteiger partial charge in [0.1, 0.15) is 0 Å². The topological polar surface area (TPSA) is 32.3 Å². The summed E-state index contributed by atoms with van der Waals surface area (Å²) in [7, 11) is 3.33. The second-order valence-corrected chi connectivity index (χ2v) is 3.59. The van der Waals surface area contributed by atoms with Crippen LogP contribution in [-0.2, 0) is 4.79 Å². The van der Waals surface area contributed by atoms with E-state index in [0.717, 1.165) is 12.1 Å². The number of rotatable bonds is 4. The number of hydrogen-bond donors (Lipinski definition) is 1. The van der Waals surface area contributed by atoms with E-state index >= 15 is 0 Å². The van der Waals surface area contributed by atoms with Crippen molar-refractivity contribution < 1.29 is 13.6 Å². The summed E-state index contributed by atoms with van der Waals surface area (Å²) in [5.74, 6) is -1.80. The lowest BCUT2D eigenvalue weighted by Gasteiger charge is -2.11. The van der Waals surface area contributed by atoms with E-state index in [9.17, 15) is 13.6 Å². The Labute approximate surface area is 93.1 Å². The number of nitrogens with zero attached hydrogens (tertiary/aromatic N) is 1. The highest BCUT2D eigenvalue weighted by Crippen LogP contribution is 2.12. The average Bonchev–Trinajstić information content (AvgIpc) is 2.23. The molecule has 0 heterocycles. The van der Waals surface area contributed by atoms with E-state index in [1.807, 2.05) is 0 Å². The van der Waals surface area contributed by atoms with Crippen LogP contribution in [0.3, 0.4) is 0 Å². The van der Waals surface area contributed by atoms with Crippen LogP contribution in [0.15, 0.2) is 18.2 Å². The van der Waals surface area contributed by atoms with Crippen LogP contribution < -0.4 is 5.32 Å². The Morgan fingerprint density at radius 3 is 2.56 bits per heavy atom. The van der Waals surface area contributed by atoms with Gasteiger partial charge in [-0.1, -0.05) is 0 Å². The number of halogens is 2. The molecule has 0 saturated heterocycles. The minimum atomic E-state index is -0.899. The summed E-state index contributed by atoms with van der Waals surface area (Å²) in [5.41, 5.74) is 0.463. The summed E-state index contributed by atoms with van der Waals surface area (Å²) in [6.45, 7) is 0.391. The van der Waals surface area contributed by atoms with E-state index in [1.54, 1.807) is 14.1 Å². The number of amides is 1. The van der Waals surface area contributed by atoms with Crippen molar-refractivity contribution in [2.45, 2.75) is 6.42 Å².